The molecule has 0 aromatic heterocycles. The van der Waals surface area contributed by atoms with E-state index in [2.05, 4.69) is 0 Å². The largest absolute Gasteiger partial charge is 0.393 e. The number of benzene rings is 1. The average molecular weight is 307 g/mol. The van der Waals surface area contributed by atoms with Crippen molar-refractivity contribution in [2.45, 2.75) is 31.4 Å². The summed E-state index contributed by atoms with van der Waals surface area (Å²) in [4.78, 5) is 14.2. The van der Waals surface area contributed by atoms with E-state index in [-0.39, 0.29) is 24.8 Å². The lowest BCUT2D eigenvalue weighted by Crippen LogP contribution is -2.69. The number of aliphatic hydroxyl groups excluding tert-OH is 1. The van der Waals surface area contributed by atoms with Crippen LogP contribution in [0.1, 0.15) is 18.7 Å². The Hall–Kier alpha value is -1.47. The summed E-state index contributed by atoms with van der Waals surface area (Å²) in [7, 11) is 1.57. The van der Waals surface area contributed by atoms with Crippen molar-refractivity contribution in [1.82, 2.24) is 4.90 Å². The first-order valence-electron chi connectivity index (χ1n) is 7.42. The molecule has 2 aliphatic rings. The molecule has 2 fully saturated rings. The van der Waals surface area contributed by atoms with E-state index in [0.29, 0.717) is 6.61 Å². The topological polar surface area (TPSA) is 68.2 Å². The highest BCUT2D eigenvalue weighted by atomic mass is 16.7. The highest BCUT2D eigenvalue weighted by Crippen LogP contribution is 2.41. The first kappa shape index (κ1) is 15.4. The second-order valence-corrected chi connectivity index (χ2v) is 5.69. The van der Waals surface area contributed by atoms with Gasteiger partial charge in [-0.2, -0.15) is 0 Å². The van der Waals surface area contributed by atoms with E-state index >= 15 is 0 Å². The summed E-state index contributed by atoms with van der Waals surface area (Å²) in [6, 6.07) is 9.31. The summed E-state index contributed by atoms with van der Waals surface area (Å²) in [6.45, 7) is 2.27. The van der Waals surface area contributed by atoms with Gasteiger partial charge in [0, 0.05) is 12.7 Å². The number of likely N-dealkylation sites (tertiary alicyclic amines) is 1. The molecule has 2 aliphatic heterocycles. The van der Waals surface area contributed by atoms with Crippen LogP contribution in [0.2, 0.25) is 0 Å². The maximum absolute atomic E-state index is 12.5. The molecule has 6 heteroatoms. The van der Waals surface area contributed by atoms with Gasteiger partial charge in [-0.25, -0.2) is 0 Å². The quantitative estimate of drug-likeness (QED) is 0.819. The summed E-state index contributed by atoms with van der Waals surface area (Å²) in [6.07, 6.45) is -1.46. The van der Waals surface area contributed by atoms with Crippen molar-refractivity contribution in [3.63, 3.8) is 0 Å². The Morgan fingerprint density at radius 2 is 2.09 bits per heavy atom. The molecule has 0 radical (unpaired) electrons. The van der Waals surface area contributed by atoms with Crippen LogP contribution in [0, 0.1) is 5.92 Å². The Morgan fingerprint density at radius 1 is 1.36 bits per heavy atom. The van der Waals surface area contributed by atoms with Crippen molar-refractivity contribution in [1.29, 1.82) is 0 Å². The van der Waals surface area contributed by atoms with Crippen molar-refractivity contribution < 1.29 is 24.1 Å². The van der Waals surface area contributed by atoms with Crippen LogP contribution in [-0.2, 0) is 19.0 Å². The minimum Gasteiger partial charge on any atom is -0.393 e. The zero-order chi connectivity index (χ0) is 15.7. The number of β-lactam (4-membered cyclic amide) rings is 1. The number of rotatable bonds is 5. The van der Waals surface area contributed by atoms with Gasteiger partial charge in [-0.05, 0) is 6.92 Å². The smallest absolute Gasteiger partial charge is 0.233 e. The van der Waals surface area contributed by atoms with Gasteiger partial charge in [0.1, 0.15) is 12.9 Å². The van der Waals surface area contributed by atoms with Crippen LogP contribution >= 0.6 is 0 Å². The van der Waals surface area contributed by atoms with E-state index < -0.39 is 18.2 Å². The first-order chi connectivity index (χ1) is 10.6. The summed E-state index contributed by atoms with van der Waals surface area (Å²) in [5.74, 6) is -0.598. The summed E-state index contributed by atoms with van der Waals surface area (Å²) in [5, 5.41) is 9.93. The summed E-state index contributed by atoms with van der Waals surface area (Å²) < 4.78 is 16.4. The van der Waals surface area contributed by atoms with Crippen molar-refractivity contribution in [3.05, 3.63) is 35.9 Å². The van der Waals surface area contributed by atoms with Crippen molar-refractivity contribution >= 4 is 5.91 Å². The predicted octanol–water partition coefficient (Wildman–Crippen LogP) is 0.912. The monoisotopic (exact) mass is 307 g/mol. The number of hydrogen-bond acceptors (Lipinski definition) is 5. The normalized spacial score (nSPS) is 31.0. The summed E-state index contributed by atoms with van der Waals surface area (Å²) >= 11 is 0. The van der Waals surface area contributed by atoms with E-state index in [0.717, 1.165) is 5.56 Å². The van der Waals surface area contributed by atoms with Crippen LogP contribution in [-0.4, -0.2) is 54.7 Å². The zero-order valence-corrected chi connectivity index (χ0v) is 12.7. The van der Waals surface area contributed by atoms with Gasteiger partial charge in [0.15, 0.2) is 6.23 Å². The molecule has 1 unspecified atom stereocenters. The molecule has 120 valence electrons. The standard InChI is InChI=1S/C16H21NO5/c1-10(18)13-14(12-8-21-9-22-12)17(15(13)19)16(20-2)11-6-4-3-5-7-11/h3-7,10,12-14,16,18H,8-9H2,1-2H3/t10-,12-,13-,14-,16?/m1/s1. The minimum absolute atomic E-state index is 0.119. The molecule has 5 atom stereocenters. The number of hydrogen-bond donors (Lipinski definition) is 1. The Balaban J connectivity index is 1.88. The lowest BCUT2D eigenvalue weighted by Gasteiger charge is -2.52. The molecule has 6 nitrogen and oxygen atoms in total. The van der Waals surface area contributed by atoms with Crippen LogP contribution in [0.3, 0.4) is 0 Å². The average Bonchev–Trinajstić information content (AvgIpc) is 3.03. The number of carbonyl (C=O) groups excluding carboxylic acids is 1. The number of amides is 1. The second kappa shape index (κ2) is 6.34. The second-order valence-electron chi connectivity index (χ2n) is 5.69. The van der Waals surface area contributed by atoms with E-state index in [1.807, 2.05) is 30.3 Å². The molecule has 2 heterocycles. The fourth-order valence-electron chi connectivity index (χ4n) is 3.30. The van der Waals surface area contributed by atoms with Gasteiger partial charge in [-0.3, -0.25) is 4.79 Å². The molecule has 0 aliphatic carbocycles. The maximum atomic E-state index is 12.5. The van der Waals surface area contributed by atoms with Gasteiger partial charge in [0.25, 0.3) is 0 Å². The van der Waals surface area contributed by atoms with Gasteiger partial charge in [0.05, 0.1) is 24.7 Å². The Labute approximate surface area is 129 Å². The van der Waals surface area contributed by atoms with Crippen LogP contribution in [0.4, 0.5) is 0 Å². The number of nitrogens with zero attached hydrogens (tertiary/aromatic N) is 1. The maximum Gasteiger partial charge on any atom is 0.233 e. The summed E-state index contributed by atoms with van der Waals surface area (Å²) in [5.41, 5.74) is 0.895. The third kappa shape index (κ3) is 2.52. The van der Waals surface area contributed by atoms with E-state index in [1.165, 1.54) is 0 Å². The molecule has 1 aromatic rings. The number of carbonyl (C=O) groups is 1. The molecule has 0 bridgehead atoms. The van der Waals surface area contributed by atoms with Crippen LogP contribution in [0.5, 0.6) is 0 Å². The fourth-order valence-corrected chi connectivity index (χ4v) is 3.30. The van der Waals surface area contributed by atoms with Crippen LogP contribution < -0.4 is 0 Å². The zero-order valence-electron chi connectivity index (χ0n) is 12.7. The van der Waals surface area contributed by atoms with Crippen molar-refractivity contribution in [3.8, 4) is 0 Å². The van der Waals surface area contributed by atoms with Crippen LogP contribution in [0.25, 0.3) is 0 Å². The molecule has 1 N–H and O–H groups in total. The third-order valence-electron chi connectivity index (χ3n) is 4.34. The molecule has 0 saturated carbocycles. The predicted molar refractivity (Wildman–Crippen MR) is 77.7 cm³/mol. The SMILES string of the molecule is COC(c1ccccc1)N1C(=O)[C@H]([C@@H](C)O)[C@H]1[C@H]1COCO1. The number of methoxy groups -OCH3 is 1. The number of aliphatic hydroxyl groups is 1. The molecule has 1 amide bonds. The minimum atomic E-state index is -0.730. The first-order valence-corrected chi connectivity index (χ1v) is 7.42. The van der Waals surface area contributed by atoms with Gasteiger partial charge < -0.3 is 24.2 Å². The van der Waals surface area contributed by atoms with E-state index in [1.54, 1.807) is 18.9 Å². The highest BCUT2D eigenvalue weighted by molar-refractivity contribution is 5.87. The van der Waals surface area contributed by atoms with Crippen LogP contribution in [0.15, 0.2) is 30.3 Å². The molecule has 0 spiro atoms. The van der Waals surface area contributed by atoms with Gasteiger partial charge in [0.2, 0.25) is 5.91 Å². The van der Waals surface area contributed by atoms with Gasteiger partial charge >= 0.3 is 0 Å². The Kier molecular flexibility index (Phi) is 4.44. The Bertz CT molecular complexity index is 515. The molecule has 22 heavy (non-hydrogen) atoms. The molecular weight excluding hydrogens is 286 g/mol. The molecule has 1 aromatic carbocycles. The molecular formula is C16H21NO5. The number of ether oxygens (including phenoxy) is 3. The van der Waals surface area contributed by atoms with Gasteiger partial charge in [-0.15, -0.1) is 0 Å². The van der Waals surface area contributed by atoms with Crippen molar-refractivity contribution in [2.24, 2.45) is 5.92 Å². The lowest BCUT2D eigenvalue weighted by molar-refractivity contribution is -0.201. The molecule has 2 saturated heterocycles. The van der Waals surface area contributed by atoms with Gasteiger partial charge in [-0.1, -0.05) is 30.3 Å². The fraction of sp³-hybridized carbons (Fsp3) is 0.562. The Morgan fingerprint density at radius 3 is 2.64 bits per heavy atom. The van der Waals surface area contributed by atoms with E-state index in [9.17, 15) is 9.90 Å². The highest BCUT2D eigenvalue weighted by Gasteiger charge is 2.57. The van der Waals surface area contributed by atoms with Crippen molar-refractivity contribution in [2.75, 3.05) is 20.5 Å². The van der Waals surface area contributed by atoms with E-state index in [4.69, 9.17) is 14.2 Å². The lowest BCUT2D eigenvalue weighted by atomic mass is 9.79. The third-order valence-corrected chi connectivity index (χ3v) is 4.34. The molecule has 3 rings (SSSR count).